The van der Waals surface area contributed by atoms with Crippen molar-refractivity contribution >= 4 is 35.3 Å². The standard InChI is InChI=1S/C19H17ClN6O2/c1-13(27)22-17-4-2-3-15(9-17)18-11-26(25-23-18)12-19(28)24-21-10-14-5-7-16(20)8-6-14/h2-11H,12H2,1H3,(H,22,27)(H,24,28). The fourth-order valence-corrected chi connectivity index (χ4v) is 2.50. The first kappa shape index (κ1) is 19.2. The quantitative estimate of drug-likeness (QED) is 0.494. The number of carbonyl (C=O) groups is 2. The van der Waals surface area contributed by atoms with E-state index in [1.54, 1.807) is 48.7 Å². The molecule has 0 spiro atoms. The third-order valence-corrected chi connectivity index (χ3v) is 3.85. The van der Waals surface area contributed by atoms with Gasteiger partial charge in [-0.2, -0.15) is 5.10 Å². The Morgan fingerprint density at radius 2 is 2.00 bits per heavy atom. The second kappa shape index (κ2) is 8.92. The highest BCUT2D eigenvalue weighted by molar-refractivity contribution is 6.30. The molecule has 3 aromatic rings. The SMILES string of the molecule is CC(=O)Nc1cccc(-c2cn(CC(=O)NN=Cc3ccc(Cl)cc3)nn2)c1. The van der Waals surface area contributed by atoms with Crippen LogP contribution in [0.4, 0.5) is 5.69 Å². The second-order valence-corrected chi connectivity index (χ2v) is 6.34. The number of aromatic nitrogens is 3. The molecule has 1 aromatic heterocycles. The lowest BCUT2D eigenvalue weighted by Gasteiger charge is -2.03. The summed E-state index contributed by atoms with van der Waals surface area (Å²) in [6.45, 7) is 1.41. The van der Waals surface area contributed by atoms with E-state index in [1.807, 2.05) is 6.07 Å². The smallest absolute Gasteiger partial charge is 0.261 e. The highest BCUT2D eigenvalue weighted by Crippen LogP contribution is 2.20. The van der Waals surface area contributed by atoms with Crippen LogP contribution in [0.1, 0.15) is 12.5 Å². The van der Waals surface area contributed by atoms with Gasteiger partial charge in [0.1, 0.15) is 12.2 Å². The molecule has 0 bridgehead atoms. The maximum Gasteiger partial charge on any atom is 0.261 e. The summed E-state index contributed by atoms with van der Waals surface area (Å²) in [4.78, 5) is 23.2. The molecule has 9 heteroatoms. The Kier molecular flexibility index (Phi) is 6.13. The van der Waals surface area contributed by atoms with Gasteiger partial charge in [-0.25, -0.2) is 10.1 Å². The van der Waals surface area contributed by atoms with Crippen LogP contribution in [-0.4, -0.2) is 33.0 Å². The Balaban J connectivity index is 1.59. The van der Waals surface area contributed by atoms with Crippen LogP contribution in [-0.2, 0) is 16.1 Å². The third-order valence-electron chi connectivity index (χ3n) is 3.60. The maximum atomic E-state index is 12.0. The number of hydrogen-bond donors (Lipinski definition) is 2. The van der Waals surface area contributed by atoms with Gasteiger partial charge >= 0.3 is 0 Å². The Morgan fingerprint density at radius 3 is 2.75 bits per heavy atom. The fraction of sp³-hybridized carbons (Fsp3) is 0.105. The zero-order chi connectivity index (χ0) is 19.9. The number of benzene rings is 2. The van der Waals surface area contributed by atoms with Crippen molar-refractivity contribution in [3.05, 3.63) is 65.3 Å². The van der Waals surface area contributed by atoms with Gasteiger partial charge in [0, 0.05) is 23.2 Å². The van der Waals surface area contributed by atoms with Crippen LogP contribution in [0.15, 0.2) is 59.8 Å². The van der Waals surface area contributed by atoms with Crippen LogP contribution in [0, 0.1) is 0 Å². The average molecular weight is 397 g/mol. The fourth-order valence-electron chi connectivity index (χ4n) is 2.38. The number of nitrogens with zero attached hydrogens (tertiary/aromatic N) is 4. The van der Waals surface area contributed by atoms with E-state index >= 15 is 0 Å². The van der Waals surface area contributed by atoms with Crippen molar-refractivity contribution in [3.8, 4) is 11.3 Å². The van der Waals surface area contributed by atoms with Gasteiger partial charge in [-0.05, 0) is 29.8 Å². The minimum atomic E-state index is -0.339. The first-order chi connectivity index (χ1) is 13.5. The van der Waals surface area contributed by atoms with Crippen LogP contribution >= 0.6 is 11.6 Å². The minimum absolute atomic E-state index is 0.0314. The molecule has 1 heterocycles. The molecule has 8 nitrogen and oxygen atoms in total. The van der Waals surface area contributed by atoms with E-state index in [0.717, 1.165) is 11.1 Å². The van der Waals surface area contributed by atoms with E-state index < -0.39 is 0 Å². The predicted molar refractivity (Wildman–Crippen MR) is 107 cm³/mol. The Hall–Kier alpha value is -3.52. The lowest BCUT2D eigenvalue weighted by atomic mass is 10.1. The van der Waals surface area contributed by atoms with Crippen molar-refractivity contribution in [3.63, 3.8) is 0 Å². The van der Waals surface area contributed by atoms with Crippen molar-refractivity contribution in [1.82, 2.24) is 20.4 Å². The molecule has 0 fully saturated rings. The molecule has 0 aliphatic carbocycles. The molecule has 28 heavy (non-hydrogen) atoms. The molecular formula is C19H17ClN6O2. The van der Waals surface area contributed by atoms with Crippen molar-refractivity contribution in [1.29, 1.82) is 0 Å². The van der Waals surface area contributed by atoms with Gasteiger partial charge in [-0.15, -0.1) is 5.10 Å². The van der Waals surface area contributed by atoms with Gasteiger partial charge in [0.25, 0.3) is 5.91 Å². The predicted octanol–water partition coefficient (Wildman–Crippen LogP) is 2.71. The lowest BCUT2D eigenvalue weighted by molar-refractivity contribution is -0.121. The molecule has 0 atom stereocenters. The molecule has 0 unspecified atom stereocenters. The molecule has 0 saturated heterocycles. The van der Waals surface area contributed by atoms with Crippen molar-refractivity contribution in [2.45, 2.75) is 13.5 Å². The molecule has 0 aliphatic rings. The van der Waals surface area contributed by atoms with Crippen molar-refractivity contribution in [2.24, 2.45) is 5.10 Å². The number of nitrogens with one attached hydrogen (secondary N) is 2. The third kappa shape index (κ3) is 5.49. The zero-order valence-electron chi connectivity index (χ0n) is 15.0. The van der Waals surface area contributed by atoms with Gasteiger partial charge in [0.2, 0.25) is 5.91 Å². The summed E-state index contributed by atoms with van der Waals surface area (Å²) in [5, 5.41) is 15.3. The van der Waals surface area contributed by atoms with Gasteiger partial charge in [-0.1, -0.05) is 41.1 Å². The highest BCUT2D eigenvalue weighted by Gasteiger charge is 2.08. The van der Waals surface area contributed by atoms with Crippen molar-refractivity contribution in [2.75, 3.05) is 5.32 Å². The first-order valence-corrected chi connectivity index (χ1v) is 8.73. The molecule has 2 amide bonds. The van der Waals surface area contributed by atoms with Crippen molar-refractivity contribution < 1.29 is 9.59 Å². The molecule has 2 aromatic carbocycles. The van der Waals surface area contributed by atoms with Gasteiger partial charge in [0.05, 0.1) is 12.4 Å². The number of hydrazone groups is 1. The van der Waals surface area contributed by atoms with Gasteiger partial charge in [-0.3, -0.25) is 9.59 Å². The summed E-state index contributed by atoms with van der Waals surface area (Å²) in [6.07, 6.45) is 3.17. The number of carbonyl (C=O) groups excluding carboxylic acids is 2. The molecular weight excluding hydrogens is 380 g/mol. The Bertz CT molecular complexity index is 1010. The Morgan fingerprint density at radius 1 is 1.21 bits per heavy atom. The lowest BCUT2D eigenvalue weighted by Crippen LogP contribution is -2.23. The summed E-state index contributed by atoms with van der Waals surface area (Å²) in [5.41, 5.74) is 5.27. The van der Waals surface area contributed by atoms with E-state index in [9.17, 15) is 9.59 Å². The first-order valence-electron chi connectivity index (χ1n) is 8.35. The van der Waals surface area contributed by atoms with Crippen LogP contribution in [0.3, 0.4) is 0 Å². The highest BCUT2D eigenvalue weighted by atomic mass is 35.5. The van der Waals surface area contributed by atoms with E-state index in [1.165, 1.54) is 17.8 Å². The Labute approximate surface area is 166 Å². The van der Waals surface area contributed by atoms with Gasteiger partial charge < -0.3 is 5.32 Å². The molecule has 3 rings (SSSR count). The molecule has 0 radical (unpaired) electrons. The average Bonchev–Trinajstić information content (AvgIpc) is 3.11. The van der Waals surface area contributed by atoms with Crippen LogP contribution in [0.2, 0.25) is 5.02 Å². The maximum absolute atomic E-state index is 12.0. The number of anilines is 1. The van der Waals surface area contributed by atoms with E-state index in [2.05, 4.69) is 26.2 Å². The summed E-state index contributed by atoms with van der Waals surface area (Å²) in [7, 11) is 0. The molecule has 0 aliphatic heterocycles. The van der Waals surface area contributed by atoms with E-state index in [4.69, 9.17) is 11.6 Å². The summed E-state index contributed by atoms with van der Waals surface area (Å²) in [5.74, 6) is -0.495. The summed E-state index contributed by atoms with van der Waals surface area (Å²) >= 11 is 5.82. The normalized spacial score (nSPS) is 10.8. The van der Waals surface area contributed by atoms with E-state index in [0.29, 0.717) is 16.4 Å². The number of halogens is 1. The zero-order valence-corrected chi connectivity index (χ0v) is 15.7. The van der Waals surface area contributed by atoms with Crippen LogP contribution in [0.25, 0.3) is 11.3 Å². The second-order valence-electron chi connectivity index (χ2n) is 5.91. The van der Waals surface area contributed by atoms with Gasteiger partial charge in [0.15, 0.2) is 0 Å². The monoisotopic (exact) mass is 396 g/mol. The molecule has 142 valence electrons. The van der Waals surface area contributed by atoms with E-state index in [-0.39, 0.29) is 18.4 Å². The summed E-state index contributed by atoms with van der Waals surface area (Å²) in [6, 6.07) is 14.3. The largest absolute Gasteiger partial charge is 0.326 e. The minimum Gasteiger partial charge on any atom is -0.326 e. The summed E-state index contributed by atoms with van der Waals surface area (Å²) < 4.78 is 1.41. The van der Waals surface area contributed by atoms with Crippen LogP contribution < -0.4 is 10.7 Å². The molecule has 0 saturated carbocycles. The number of amides is 2. The number of hydrogen-bond acceptors (Lipinski definition) is 5. The number of rotatable bonds is 6. The topological polar surface area (TPSA) is 101 Å². The van der Waals surface area contributed by atoms with Crippen LogP contribution in [0.5, 0.6) is 0 Å². The molecule has 2 N–H and O–H groups in total.